The van der Waals surface area contributed by atoms with Crippen LogP contribution in [0, 0.1) is 17.1 Å². The number of hydrogen-bond acceptors (Lipinski definition) is 7. The quantitative estimate of drug-likeness (QED) is 0.389. The maximum atomic E-state index is 14.7. The van der Waals surface area contributed by atoms with E-state index in [1.54, 1.807) is 4.90 Å². The number of carbonyl (C=O) groups excluding carboxylic acids is 1. The van der Waals surface area contributed by atoms with Gasteiger partial charge in [0.15, 0.2) is 22.4 Å². The molecular weight excluding hydrogens is 536 g/mol. The number of piperazine rings is 1. The van der Waals surface area contributed by atoms with Crippen LogP contribution in [-0.4, -0.2) is 77.7 Å². The first kappa shape index (κ1) is 27.2. The molecule has 3 aliphatic rings. The number of hydrogen-bond donors (Lipinski definition) is 0. The molecule has 3 heterocycles. The first-order chi connectivity index (χ1) is 18.5. The molecule has 3 fully saturated rings. The van der Waals surface area contributed by atoms with Crippen LogP contribution in [0.1, 0.15) is 30.5 Å². The highest BCUT2D eigenvalue weighted by molar-refractivity contribution is 7.81. The van der Waals surface area contributed by atoms with Gasteiger partial charge in [-0.1, -0.05) is 0 Å². The zero-order chi connectivity index (χ0) is 27.9. The number of benzene rings is 1. The van der Waals surface area contributed by atoms with Crippen molar-refractivity contribution >= 4 is 34.6 Å². The minimum absolute atomic E-state index is 0.00389. The Morgan fingerprint density at radius 2 is 1.87 bits per heavy atom. The molecule has 1 aromatic carbocycles. The van der Waals surface area contributed by atoms with Gasteiger partial charge in [-0.15, -0.1) is 0 Å². The largest absolute Gasteiger partial charge is 0.489 e. The summed E-state index contributed by atoms with van der Waals surface area (Å²) in [6.07, 6.45) is -2.25. The monoisotopic (exact) mass is 562 g/mol. The zero-order valence-electron chi connectivity index (χ0n) is 21.2. The highest BCUT2D eigenvalue weighted by Gasteiger charge is 2.60. The van der Waals surface area contributed by atoms with E-state index in [2.05, 4.69) is 21.8 Å². The third kappa shape index (κ3) is 4.92. The summed E-state index contributed by atoms with van der Waals surface area (Å²) in [7, 11) is 2.06. The Labute approximate surface area is 228 Å². The molecule has 2 aliphatic heterocycles. The molecule has 2 saturated heterocycles. The van der Waals surface area contributed by atoms with Crippen molar-refractivity contribution in [2.75, 3.05) is 56.2 Å². The van der Waals surface area contributed by atoms with Crippen molar-refractivity contribution in [2.24, 2.45) is 0 Å². The fourth-order valence-electron chi connectivity index (χ4n) is 5.19. The van der Waals surface area contributed by atoms with Crippen LogP contribution in [0.15, 0.2) is 30.5 Å². The van der Waals surface area contributed by atoms with Gasteiger partial charge in [-0.2, -0.15) is 18.4 Å². The van der Waals surface area contributed by atoms with E-state index in [1.165, 1.54) is 24.3 Å². The van der Waals surface area contributed by atoms with E-state index in [4.69, 9.17) is 22.2 Å². The number of carbonyl (C=O) groups is 1. The highest BCUT2D eigenvalue weighted by atomic mass is 32.1. The molecule has 0 unspecified atom stereocenters. The van der Waals surface area contributed by atoms with Gasteiger partial charge < -0.3 is 14.5 Å². The summed E-state index contributed by atoms with van der Waals surface area (Å²) in [5.74, 6) is -1.05. The van der Waals surface area contributed by atoms with Gasteiger partial charge in [0, 0.05) is 44.5 Å². The Balaban J connectivity index is 1.41. The Morgan fingerprint density at radius 3 is 2.49 bits per heavy atom. The van der Waals surface area contributed by atoms with Crippen molar-refractivity contribution in [1.29, 1.82) is 5.26 Å². The predicted octanol–water partition coefficient (Wildman–Crippen LogP) is 3.80. The molecule has 5 rings (SSSR count). The van der Waals surface area contributed by atoms with Crippen LogP contribution in [0.3, 0.4) is 0 Å². The van der Waals surface area contributed by atoms with Gasteiger partial charge in [-0.05, 0) is 56.7 Å². The number of nitriles is 1. The number of alkyl halides is 3. The molecule has 39 heavy (non-hydrogen) atoms. The molecule has 0 atom stereocenters. The molecule has 1 saturated carbocycles. The van der Waals surface area contributed by atoms with Crippen molar-refractivity contribution in [3.63, 3.8) is 0 Å². The van der Waals surface area contributed by atoms with E-state index < -0.39 is 34.7 Å². The van der Waals surface area contributed by atoms with Gasteiger partial charge in [0.25, 0.3) is 5.91 Å². The van der Waals surface area contributed by atoms with E-state index in [-0.39, 0.29) is 23.2 Å². The topological polar surface area (TPSA) is 75.9 Å². The van der Waals surface area contributed by atoms with E-state index in [0.29, 0.717) is 37.6 Å². The average Bonchev–Trinajstić information content (AvgIpc) is 3.12. The number of nitrogens with zero attached hydrogens (tertiary/aromatic N) is 6. The summed E-state index contributed by atoms with van der Waals surface area (Å²) in [5.41, 5.74) is -2.92. The lowest BCUT2D eigenvalue weighted by Crippen LogP contribution is -2.55. The minimum atomic E-state index is -4.85. The van der Waals surface area contributed by atoms with Crippen LogP contribution in [0.5, 0.6) is 5.75 Å². The van der Waals surface area contributed by atoms with E-state index in [9.17, 15) is 22.4 Å². The number of thiocarbonyl (C=S) groups is 1. The standard InChI is InChI=1S/C26H26F4N6O2S/c1-33-7-9-34(10-8-33)11-12-38-22-14-17(3-4-20(22)27)36-24(39)35(23(37)25(36)5-2-6-25)18-13-19(26(28,29)30)21(15-31)32-16-18/h3-4,13-14,16H,2,5-12H2,1H3. The van der Waals surface area contributed by atoms with E-state index in [1.807, 2.05) is 0 Å². The molecule has 1 spiro atoms. The van der Waals surface area contributed by atoms with E-state index in [0.717, 1.165) is 37.3 Å². The number of pyridine rings is 1. The Bertz CT molecular complexity index is 1330. The Morgan fingerprint density at radius 1 is 1.15 bits per heavy atom. The van der Waals surface area contributed by atoms with Crippen LogP contribution in [-0.2, 0) is 11.0 Å². The number of rotatable bonds is 6. The minimum Gasteiger partial charge on any atom is -0.489 e. The van der Waals surface area contributed by atoms with E-state index >= 15 is 0 Å². The number of ether oxygens (including phenoxy) is 1. The third-order valence-electron chi connectivity index (χ3n) is 7.57. The summed E-state index contributed by atoms with van der Waals surface area (Å²) in [5, 5.41) is 9.04. The van der Waals surface area contributed by atoms with Crippen molar-refractivity contribution in [2.45, 2.75) is 31.0 Å². The van der Waals surface area contributed by atoms with Crippen molar-refractivity contribution in [3.8, 4) is 11.8 Å². The van der Waals surface area contributed by atoms with Crippen LogP contribution < -0.4 is 14.5 Å². The SMILES string of the molecule is CN1CCN(CCOc2cc(N3C(=S)N(c4cnc(C#N)c(C(F)(F)F)c4)C(=O)C34CCC4)ccc2F)CC1. The molecule has 2 aromatic rings. The predicted molar refractivity (Wildman–Crippen MR) is 139 cm³/mol. The molecule has 0 bridgehead atoms. The first-order valence-electron chi connectivity index (χ1n) is 12.5. The summed E-state index contributed by atoms with van der Waals surface area (Å²) < 4.78 is 61.3. The molecule has 0 radical (unpaired) electrons. The molecule has 206 valence electrons. The van der Waals surface area contributed by atoms with Gasteiger partial charge in [-0.25, -0.2) is 9.37 Å². The Kier molecular flexibility index (Phi) is 7.21. The molecule has 1 aromatic heterocycles. The van der Waals surface area contributed by atoms with Crippen molar-refractivity contribution in [3.05, 3.63) is 47.5 Å². The van der Waals surface area contributed by atoms with Crippen molar-refractivity contribution < 1.29 is 27.1 Å². The number of likely N-dealkylation sites (N-methyl/N-ethyl adjacent to an activating group) is 1. The lowest BCUT2D eigenvalue weighted by molar-refractivity contribution is -0.138. The Hall–Kier alpha value is -3.34. The van der Waals surface area contributed by atoms with Crippen LogP contribution in [0.2, 0.25) is 0 Å². The summed E-state index contributed by atoms with van der Waals surface area (Å²) in [6.45, 7) is 4.57. The number of halogens is 4. The second-order valence-corrected chi connectivity index (χ2v) is 10.3. The summed E-state index contributed by atoms with van der Waals surface area (Å²) >= 11 is 5.62. The van der Waals surface area contributed by atoms with Gasteiger partial charge in [0.2, 0.25) is 0 Å². The van der Waals surface area contributed by atoms with Gasteiger partial charge in [0.1, 0.15) is 18.2 Å². The maximum Gasteiger partial charge on any atom is 0.419 e. The normalized spacial score (nSPS) is 19.9. The third-order valence-corrected chi connectivity index (χ3v) is 7.93. The average molecular weight is 563 g/mol. The maximum absolute atomic E-state index is 14.7. The molecule has 8 nitrogen and oxygen atoms in total. The second-order valence-electron chi connectivity index (χ2n) is 9.95. The number of amides is 1. The first-order valence-corrected chi connectivity index (χ1v) is 13.0. The van der Waals surface area contributed by atoms with Gasteiger partial charge >= 0.3 is 6.18 Å². The fourth-order valence-corrected chi connectivity index (χ4v) is 5.66. The van der Waals surface area contributed by atoms with Gasteiger partial charge in [0.05, 0.1) is 17.4 Å². The molecule has 1 aliphatic carbocycles. The molecule has 0 N–H and O–H groups in total. The lowest BCUT2D eigenvalue weighted by Gasteiger charge is -2.43. The molecule has 1 amide bonds. The van der Waals surface area contributed by atoms with Crippen LogP contribution >= 0.6 is 12.2 Å². The molecule has 13 heteroatoms. The summed E-state index contributed by atoms with van der Waals surface area (Å²) in [4.78, 5) is 24.4. The second kappa shape index (κ2) is 10.3. The smallest absolute Gasteiger partial charge is 0.419 e. The van der Waals surface area contributed by atoms with Crippen molar-refractivity contribution in [1.82, 2.24) is 14.8 Å². The lowest BCUT2D eigenvalue weighted by atomic mass is 9.75. The highest BCUT2D eigenvalue weighted by Crippen LogP contribution is 2.48. The fraction of sp³-hybridized carbons (Fsp3) is 0.462. The summed E-state index contributed by atoms with van der Waals surface area (Å²) in [6, 6.07) is 6.32. The van der Waals surface area contributed by atoms with Crippen LogP contribution in [0.4, 0.5) is 28.9 Å². The molecular formula is C26H26F4N6O2S. The zero-order valence-corrected chi connectivity index (χ0v) is 22.0. The van der Waals surface area contributed by atoms with Crippen LogP contribution in [0.25, 0.3) is 0 Å². The number of anilines is 2. The number of aromatic nitrogens is 1. The van der Waals surface area contributed by atoms with Gasteiger partial charge in [-0.3, -0.25) is 14.6 Å².